The van der Waals surface area contributed by atoms with E-state index in [1.165, 1.54) is 25.9 Å². The molecular weight excluding hydrogens is 380 g/mol. The second kappa shape index (κ2) is 11.5. The van der Waals surface area contributed by atoms with Gasteiger partial charge in [0.2, 0.25) is 5.75 Å². The number of methoxy groups -OCH3 is 2. The van der Waals surface area contributed by atoms with Gasteiger partial charge >= 0.3 is 0 Å². The van der Waals surface area contributed by atoms with Crippen molar-refractivity contribution < 1.29 is 19.0 Å². The molecule has 0 aliphatic heterocycles. The second-order valence-corrected chi connectivity index (χ2v) is 6.61. The normalized spacial score (nSPS) is 10.8. The van der Waals surface area contributed by atoms with Crippen molar-refractivity contribution >= 4 is 17.7 Å². The largest absolute Gasteiger partial charge is 0.493 e. The number of ether oxygens (including phenoxy) is 3. The number of benzene rings is 2. The van der Waals surface area contributed by atoms with Crippen molar-refractivity contribution in [3.05, 3.63) is 53.1 Å². The molecule has 0 radical (unpaired) electrons. The van der Waals surface area contributed by atoms with Gasteiger partial charge < -0.3 is 19.5 Å². The molecule has 0 saturated carbocycles. The number of hydrogen-bond acceptors (Lipinski definition) is 5. The van der Waals surface area contributed by atoms with Gasteiger partial charge in [0, 0.05) is 5.69 Å². The molecule has 0 aliphatic rings. The van der Waals surface area contributed by atoms with Crippen molar-refractivity contribution in [2.45, 2.75) is 33.1 Å². The van der Waals surface area contributed by atoms with E-state index in [0.717, 1.165) is 19.3 Å². The highest BCUT2D eigenvalue weighted by atomic mass is 16.5. The van der Waals surface area contributed by atoms with Gasteiger partial charge in [0.1, 0.15) is 11.6 Å². The van der Waals surface area contributed by atoms with Gasteiger partial charge in [-0.3, -0.25) is 4.79 Å². The number of aryl methyl sites for hydroxylation is 1. The quantitative estimate of drug-likeness (QED) is 0.442. The number of nitrogens with zero attached hydrogens (tertiary/aromatic N) is 1. The molecule has 0 fully saturated rings. The van der Waals surface area contributed by atoms with E-state index in [9.17, 15) is 10.1 Å². The third kappa shape index (κ3) is 6.02. The van der Waals surface area contributed by atoms with Crippen molar-refractivity contribution in [3.8, 4) is 23.3 Å². The van der Waals surface area contributed by atoms with E-state index in [0.29, 0.717) is 35.1 Å². The Bertz CT molecular complexity index is 902. The van der Waals surface area contributed by atoms with Crippen LogP contribution in [-0.2, 0) is 11.2 Å². The van der Waals surface area contributed by atoms with E-state index < -0.39 is 5.91 Å². The monoisotopic (exact) mass is 408 g/mol. The fraction of sp³-hybridized carbons (Fsp3) is 0.333. The Kier molecular flexibility index (Phi) is 8.76. The summed E-state index contributed by atoms with van der Waals surface area (Å²) in [5.74, 6) is 0.919. The van der Waals surface area contributed by atoms with Gasteiger partial charge in [-0.15, -0.1) is 0 Å². The average molecular weight is 408 g/mol. The van der Waals surface area contributed by atoms with Gasteiger partial charge in [-0.2, -0.15) is 5.26 Å². The first-order chi connectivity index (χ1) is 14.6. The maximum absolute atomic E-state index is 12.6. The Labute approximate surface area is 178 Å². The Morgan fingerprint density at radius 3 is 2.23 bits per heavy atom. The summed E-state index contributed by atoms with van der Waals surface area (Å²) < 4.78 is 16.3. The van der Waals surface area contributed by atoms with E-state index >= 15 is 0 Å². The molecule has 2 aromatic carbocycles. The molecule has 6 heteroatoms. The molecule has 0 bridgehead atoms. The lowest BCUT2D eigenvalue weighted by molar-refractivity contribution is -0.112. The van der Waals surface area contributed by atoms with Crippen LogP contribution in [0, 0.1) is 11.3 Å². The summed E-state index contributed by atoms with van der Waals surface area (Å²) in [6.45, 7) is 4.46. The minimum Gasteiger partial charge on any atom is -0.493 e. The summed E-state index contributed by atoms with van der Waals surface area (Å²) in [6.07, 6.45) is 4.76. The van der Waals surface area contributed by atoms with Crippen LogP contribution in [-0.4, -0.2) is 26.7 Å². The SMILES string of the molecule is CCCCc1ccc(NC(=O)C(C#N)=Cc2cc(OC)c(OCC)c(OC)c2)cc1. The summed E-state index contributed by atoms with van der Waals surface area (Å²) in [5.41, 5.74) is 2.43. The Morgan fingerprint density at radius 2 is 1.73 bits per heavy atom. The zero-order valence-corrected chi connectivity index (χ0v) is 18.0. The topological polar surface area (TPSA) is 80.6 Å². The van der Waals surface area contributed by atoms with Gasteiger partial charge in [-0.05, 0) is 61.2 Å². The maximum atomic E-state index is 12.6. The van der Waals surface area contributed by atoms with Gasteiger partial charge in [0.25, 0.3) is 5.91 Å². The van der Waals surface area contributed by atoms with Crippen molar-refractivity contribution in [3.63, 3.8) is 0 Å². The number of nitrogens with one attached hydrogen (secondary N) is 1. The number of amides is 1. The van der Waals surface area contributed by atoms with Gasteiger partial charge in [-0.25, -0.2) is 0 Å². The number of nitriles is 1. The summed E-state index contributed by atoms with van der Waals surface area (Å²) in [4.78, 5) is 12.6. The maximum Gasteiger partial charge on any atom is 0.266 e. The first-order valence-electron chi connectivity index (χ1n) is 9.97. The first-order valence-corrected chi connectivity index (χ1v) is 9.97. The van der Waals surface area contributed by atoms with Crippen LogP contribution in [0.1, 0.15) is 37.8 Å². The highest BCUT2D eigenvalue weighted by Crippen LogP contribution is 2.39. The molecule has 0 saturated heterocycles. The van der Waals surface area contributed by atoms with Crippen LogP contribution in [0.3, 0.4) is 0 Å². The molecule has 2 aromatic rings. The van der Waals surface area contributed by atoms with Crippen LogP contribution < -0.4 is 19.5 Å². The lowest BCUT2D eigenvalue weighted by Gasteiger charge is -2.14. The fourth-order valence-corrected chi connectivity index (χ4v) is 2.92. The molecule has 0 atom stereocenters. The molecule has 30 heavy (non-hydrogen) atoms. The Hall–Kier alpha value is -3.46. The standard InChI is InChI=1S/C24H28N2O4/c1-5-7-8-17-9-11-20(12-10-17)26-24(27)19(16-25)13-18-14-21(28-3)23(30-6-2)22(15-18)29-4/h9-15H,5-8H2,1-4H3,(H,26,27). The molecule has 1 N–H and O–H groups in total. The van der Waals surface area contributed by atoms with Gasteiger partial charge in [0.15, 0.2) is 11.5 Å². The first kappa shape index (κ1) is 22.8. The predicted octanol–water partition coefficient (Wildman–Crippen LogP) is 4.99. The number of carbonyl (C=O) groups is 1. The predicted molar refractivity (Wildman–Crippen MR) is 118 cm³/mol. The third-order valence-corrected chi connectivity index (χ3v) is 4.48. The van der Waals surface area contributed by atoms with Crippen LogP contribution >= 0.6 is 0 Å². The molecule has 1 amide bonds. The van der Waals surface area contributed by atoms with E-state index in [-0.39, 0.29) is 5.57 Å². The van der Waals surface area contributed by atoms with Crippen molar-refractivity contribution in [1.29, 1.82) is 5.26 Å². The van der Waals surface area contributed by atoms with Crippen molar-refractivity contribution in [1.82, 2.24) is 0 Å². The van der Waals surface area contributed by atoms with Crippen LogP contribution in [0.4, 0.5) is 5.69 Å². The van der Waals surface area contributed by atoms with Crippen LogP contribution in [0.5, 0.6) is 17.2 Å². The van der Waals surface area contributed by atoms with Crippen molar-refractivity contribution in [2.24, 2.45) is 0 Å². The zero-order valence-electron chi connectivity index (χ0n) is 18.0. The lowest BCUT2D eigenvalue weighted by atomic mass is 10.1. The average Bonchev–Trinajstić information content (AvgIpc) is 2.77. The van der Waals surface area contributed by atoms with Crippen LogP contribution in [0.25, 0.3) is 6.08 Å². The number of rotatable bonds is 10. The number of unbranched alkanes of at least 4 members (excludes halogenated alkanes) is 1. The number of hydrogen-bond donors (Lipinski definition) is 1. The minimum absolute atomic E-state index is 0.0293. The molecule has 158 valence electrons. The van der Waals surface area contributed by atoms with Crippen LogP contribution in [0.2, 0.25) is 0 Å². The molecule has 0 spiro atoms. The van der Waals surface area contributed by atoms with E-state index in [1.54, 1.807) is 12.1 Å². The number of carbonyl (C=O) groups excluding carboxylic acids is 1. The Morgan fingerprint density at radius 1 is 1.10 bits per heavy atom. The molecule has 0 aromatic heterocycles. The molecule has 0 heterocycles. The van der Waals surface area contributed by atoms with E-state index in [2.05, 4.69) is 12.2 Å². The summed E-state index contributed by atoms with van der Waals surface area (Å²) in [5, 5.41) is 12.3. The Balaban J connectivity index is 2.24. The molecule has 6 nitrogen and oxygen atoms in total. The van der Waals surface area contributed by atoms with E-state index in [4.69, 9.17) is 14.2 Å². The van der Waals surface area contributed by atoms with Gasteiger partial charge in [-0.1, -0.05) is 25.5 Å². The molecule has 0 unspecified atom stereocenters. The van der Waals surface area contributed by atoms with Gasteiger partial charge in [0.05, 0.1) is 20.8 Å². The minimum atomic E-state index is -0.481. The molecular formula is C24H28N2O4. The molecule has 0 aliphatic carbocycles. The van der Waals surface area contributed by atoms with Crippen molar-refractivity contribution in [2.75, 3.05) is 26.1 Å². The molecule has 2 rings (SSSR count). The fourth-order valence-electron chi connectivity index (χ4n) is 2.92. The van der Waals surface area contributed by atoms with E-state index in [1.807, 2.05) is 37.3 Å². The summed E-state index contributed by atoms with van der Waals surface area (Å²) in [7, 11) is 3.04. The summed E-state index contributed by atoms with van der Waals surface area (Å²) >= 11 is 0. The highest BCUT2D eigenvalue weighted by molar-refractivity contribution is 6.09. The zero-order chi connectivity index (χ0) is 21.9. The highest BCUT2D eigenvalue weighted by Gasteiger charge is 2.15. The smallest absolute Gasteiger partial charge is 0.266 e. The third-order valence-electron chi connectivity index (χ3n) is 4.48. The lowest BCUT2D eigenvalue weighted by Crippen LogP contribution is -2.13. The van der Waals surface area contributed by atoms with Crippen LogP contribution in [0.15, 0.2) is 42.0 Å². The number of anilines is 1. The second-order valence-electron chi connectivity index (χ2n) is 6.61. The summed E-state index contributed by atoms with van der Waals surface area (Å²) in [6, 6.07) is 13.0.